The Labute approximate surface area is 492 Å². The quantitative estimate of drug-likeness (QED) is 0.0262. The number of carbonyl (C=O) groups is 4. The largest absolute Gasteiger partial charge is 0.468 e. The van der Waals surface area contributed by atoms with Gasteiger partial charge in [0.1, 0.15) is 12.1 Å². The standard InChI is InChI=1S/C68H132N2O6S2/c1-5-7-9-11-13-15-17-19-21-23-25-27-29-31-33-35-37-39-41-43-45-47-49-51-53-55-57-59-63(71)68(65(70)67(74)76-4,78-77-61-62(69)66(73)75-3)64(72)60-58-56-54-52-50-48-46-44-42-40-38-36-34-32-30-28-26-24-22-20-18-16-14-12-10-8-6-2/h62,65H,5-61,69-70H2,1-4H3/t62-,65+/m0/s1. The molecule has 0 saturated heterocycles. The summed E-state index contributed by atoms with van der Waals surface area (Å²) in [4.78, 5) is 53.7. The van der Waals surface area contributed by atoms with Crippen LogP contribution in [0.4, 0.5) is 0 Å². The van der Waals surface area contributed by atoms with Crippen LogP contribution >= 0.6 is 21.6 Å². The van der Waals surface area contributed by atoms with Gasteiger partial charge in [-0.25, -0.2) is 0 Å². The molecule has 0 heterocycles. The number of hydrogen-bond acceptors (Lipinski definition) is 10. The van der Waals surface area contributed by atoms with Crippen LogP contribution < -0.4 is 11.5 Å². The lowest BCUT2D eigenvalue weighted by Gasteiger charge is -2.34. The van der Waals surface area contributed by atoms with Crippen LogP contribution in [-0.4, -0.2) is 60.3 Å². The van der Waals surface area contributed by atoms with Crippen molar-refractivity contribution in [1.29, 1.82) is 0 Å². The maximum Gasteiger partial charge on any atom is 0.325 e. The fourth-order valence-electron chi connectivity index (χ4n) is 11.3. The van der Waals surface area contributed by atoms with Gasteiger partial charge < -0.3 is 20.9 Å². The topological polar surface area (TPSA) is 139 Å². The van der Waals surface area contributed by atoms with Gasteiger partial charge in [0.15, 0.2) is 16.3 Å². The molecule has 462 valence electrons. The maximum absolute atomic E-state index is 14.3. The van der Waals surface area contributed by atoms with Gasteiger partial charge in [0.25, 0.3) is 0 Å². The molecular weight excluding hydrogens is 1000 g/mol. The van der Waals surface area contributed by atoms with Crippen molar-refractivity contribution >= 4 is 45.1 Å². The van der Waals surface area contributed by atoms with E-state index in [2.05, 4.69) is 13.8 Å². The Hall–Kier alpha value is -1.10. The summed E-state index contributed by atoms with van der Waals surface area (Å²) in [5.41, 5.74) is 12.6. The smallest absolute Gasteiger partial charge is 0.325 e. The Balaban J connectivity index is 4.35. The second-order valence-corrected chi connectivity index (χ2v) is 26.6. The predicted octanol–water partition coefficient (Wildman–Crippen LogP) is 21.1. The molecule has 0 radical (unpaired) electrons. The van der Waals surface area contributed by atoms with Crippen molar-refractivity contribution in [2.24, 2.45) is 11.5 Å². The van der Waals surface area contributed by atoms with E-state index in [4.69, 9.17) is 20.9 Å². The van der Waals surface area contributed by atoms with Gasteiger partial charge in [-0.3, -0.25) is 19.2 Å². The van der Waals surface area contributed by atoms with E-state index in [1.54, 1.807) is 0 Å². The molecule has 0 bridgehead atoms. The van der Waals surface area contributed by atoms with Crippen molar-refractivity contribution in [3.8, 4) is 0 Å². The molecule has 78 heavy (non-hydrogen) atoms. The minimum atomic E-state index is -1.81. The number of unbranched alkanes of at least 4 members (excludes halogenated alkanes) is 52. The molecule has 8 nitrogen and oxygen atoms in total. The summed E-state index contributed by atoms with van der Waals surface area (Å²) >= 11 is 0. The molecule has 2 atom stereocenters. The van der Waals surface area contributed by atoms with Gasteiger partial charge in [-0.1, -0.05) is 369 Å². The van der Waals surface area contributed by atoms with E-state index in [9.17, 15) is 19.2 Å². The van der Waals surface area contributed by atoms with Crippen LogP contribution in [0.1, 0.15) is 373 Å². The summed E-state index contributed by atoms with van der Waals surface area (Å²) in [6.45, 7) is 4.59. The maximum atomic E-state index is 14.3. The third kappa shape index (κ3) is 46.4. The molecular formula is C68H132N2O6S2. The van der Waals surface area contributed by atoms with Crippen LogP contribution in [0, 0.1) is 0 Å². The van der Waals surface area contributed by atoms with Crippen LogP contribution in [-0.2, 0) is 28.7 Å². The Morgan fingerprint density at radius 3 is 0.705 bits per heavy atom. The second kappa shape index (κ2) is 60.5. The zero-order valence-electron chi connectivity index (χ0n) is 52.4. The highest BCUT2D eigenvalue weighted by Crippen LogP contribution is 2.43. The average molecular weight is 1140 g/mol. The minimum absolute atomic E-state index is 0.104. The molecule has 0 aromatic rings. The molecule has 0 amide bonds. The highest BCUT2D eigenvalue weighted by atomic mass is 33.1. The van der Waals surface area contributed by atoms with Crippen LogP contribution in [0.3, 0.4) is 0 Å². The summed E-state index contributed by atoms with van der Waals surface area (Å²) in [6.07, 6.45) is 71.6. The van der Waals surface area contributed by atoms with Crippen LogP contribution in [0.15, 0.2) is 0 Å². The summed E-state index contributed by atoms with van der Waals surface area (Å²) < 4.78 is 8.02. The van der Waals surface area contributed by atoms with E-state index in [1.165, 1.54) is 310 Å². The van der Waals surface area contributed by atoms with E-state index >= 15 is 0 Å². The molecule has 0 fully saturated rings. The molecule has 0 aromatic carbocycles. The normalized spacial score (nSPS) is 12.5. The van der Waals surface area contributed by atoms with Crippen molar-refractivity contribution in [2.45, 2.75) is 390 Å². The van der Waals surface area contributed by atoms with Crippen molar-refractivity contribution in [2.75, 3.05) is 20.0 Å². The Bertz CT molecular complexity index is 1250. The van der Waals surface area contributed by atoms with E-state index in [0.29, 0.717) is 12.8 Å². The minimum Gasteiger partial charge on any atom is -0.468 e. The number of hydrogen-bond donors (Lipinski definition) is 2. The first-order valence-electron chi connectivity index (χ1n) is 34.3. The van der Waals surface area contributed by atoms with E-state index < -0.39 is 28.8 Å². The van der Waals surface area contributed by atoms with Crippen molar-refractivity contribution in [1.82, 2.24) is 0 Å². The number of carbonyl (C=O) groups excluding carboxylic acids is 4. The zero-order chi connectivity index (χ0) is 57.1. The number of ether oxygens (including phenoxy) is 2. The van der Waals surface area contributed by atoms with E-state index in [1.807, 2.05) is 0 Å². The summed E-state index contributed by atoms with van der Waals surface area (Å²) in [7, 11) is 4.62. The van der Waals surface area contributed by atoms with E-state index in [0.717, 1.165) is 60.1 Å². The first kappa shape index (κ1) is 76.9. The molecule has 0 rings (SSSR count). The first-order chi connectivity index (χ1) is 38.2. The molecule has 0 aliphatic heterocycles. The summed E-state index contributed by atoms with van der Waals surface area (Å²) in [5, 5.41) is 0. The molecule has 0 spiro atoms. The van der Waals surface area contributed by atoms with Crippen molar-refractivity contribution in [3.63, 3.8) is 0 Å². The molecule has 0 unspecified atom stereocenters. The number of methoxy groups -OCH3 is 2. The van der Waals surface area contributed by atoms with Gasteiger partial charge in [-0.15, -0.1) is 0 Å². The molecule has 0 aliphatic carbocycles. The highest BCUT2D eigenvalue weighted by Gasteiger charge is 2.53. The molecule has 0 aromatic heterocycles. The lowest BCUT2D eigenvalue weighted by Crippen LogP contribution is -2.60. The lowest BCUT2D eigenvalue weighted by atomic mass is 9.85. The molecule has 0 aliphatic rings. The predicted molar refractivity (Wildman–Crippen MR) is 343 cm³/mol. The Kier molecular flexibility index (Phi) is 59.6. The average Bonchev–Trinajstić information content (AvgIpc) is 3.45. The number of nitrogens with two attached hydrogens (primary N) is 2. The number of Topliss-reactive ketones (excluding diaryl/α,β-unsaturated/α-hetero) is 2. The van der Waals surface area contributed by atoms with Gasteiger partial charge in [0, 0.05) is 18.6 Å². The first-order valence-corrected chi connectivity index (χ1v) is 36.6. The number of rotatable bonds is 65. The van der Waals surface area contributed by atoms with E-state index in [-0.39, 0.29) is 30.2 Å². The molecule has 10 heteroatoms. The third-order valence-electron chi connectivity index (χ3n) is 16.7. The third-order valence-corrected chi connectivity index (χ3v) is 19.8. The van der Waals surface area contributed by atoms with Gasteiger partial charge >= 0.3 is 11.9 Å². The van der Waals surface area contributed by atoms with Gasteiger partial charge in [0.2, 0.25) is 0 Å². The Morgan fingerprint density at radius 2 is 0.513 bits per heavy atom. The number of esters is 2. The SMILES string of the molecule is CCCCCCCCCCCCCCCCCCCCCCCCCCCCCC(=O)C(SSC[C@H](N)C(=O)OC)(C(=O)CCCCCCCCCCCCCCCCCCCCCCCCCCCCC)[C@H](N)C(=O)OC. The summed E-state index contributed by atoms with van der Waals surface area (Å²) in [5.74, 6) is -1.93. The highest BCUT2D eigenvalue weighted by molar-refractivity contribution is 8.77. The van der Waals surface area contributed by atoms with Crippen LogP contribution in [0.25, 0.3) is 0 Å². The van der Waals surface area contributed by atoms with Crippen LogP contribution in [0.5, 0.6) is 0 Å². The van der Waals surface area contributed by atoms with Gasteiger partial charge in [-0.05, 0) is 12.8 Å². The Morgan fingerprint density at radius 1 is 0.321 bits per heavy atom. The lowest BCUT2D eigenvalue weighted by molar-refractivity contribution is -0.147. The van der Waals surface area contributed by atoms with Gasteiger partial charge in [0.05, 0.1) is 14.2 Å². The summed E-state index contributed by atoms with van der Waals surface area (Å²) in [6, 6.07) is -2.40. The van der Waals surface area contributed by atoms with Crippen molar-refractivity contribution < 1.29 is 28.7 Å². The fourth-order valence-corrected chi connectivity index (χ4v) is 14.5. The monoisotopic (exact) mass is 1140 g/mol. The molecule has 4 N–H and O–H groups in total. The van der Waals surface area contributed by atoms with Crippen molar-refractivity contribution in [3.05, 3.63) is 0 Å². The number of ketones is 2. The van der Waals surface area contributed by atoms with Gasteiger partial charge in [-0.2, -0.15) is 0 Å². The zero-order valence-corrected chi connectivity index (χ0v) is 54.0. The molecule has 0 saturated carbocycles. The van der Waals surface area contributed by atoms with Crippen LogP contribution in [0.2, 0.25) is 0 Å². The fraction of sp³-hybridized carbons (Fsp3) is 0.941. The second-order valence-electron chi connectivity index (χ2n) is 24.0.